The van der Waals surface area contributed by atoms with Crippen LogP contribution in [0.5, 0.6) is 0 Å². The first kappa shape index (κ1) is 24.9. The van der Waals surface area contributed by atoms with Crippen LogP contribution < -0.4 is 0 Å². The van der Waals surface area contributed by atoms with E-state index in [9.17, 15) is 0 Å². The molecule has 0 aliphatic carbocycles. The van der Waals surface area contributed by atoms with Crippen LogP contribution in [-0.4, -0.2) is 0 Å². The van der Waals surface area contributed by atoms with Gasteiger partial charge in [0.25, 0.3) is 0 Å². The van der Waals surface area contributed by atoms with Crippen molar-refractivity contribution in [1.29, 1.82) is 0 Å². The van der Waals surface area contributed by atoms with Gasteiger partial charge in [-0.1, -0.05) is 133 Å². The molecule has 0 spiro atoms. The van der Waals surface area contributed by atoms with Crippen molar-refractivity contribution in [3.63, 3.8) is 0 Å². The average Bonchev–Trinajstić information content (AvgIpc) is 2.91. The topological polar surface area (TPSA) is 0 Å². The first-order valence-corrected chi connectivity index (χ1v) is 12.0. The zero-order valence-corrected chi connectivity index (χ0v) is 20.4. The molecule has 0 saturated carbocycles. The molecule has 0 N–H and O–H groups in total. The van der Waals surface area contributed by atoms with Crippen LogP contribution in [-0.2, 0) is 0 Å². The van der Waals surface area contributed by atoms with E-state index in [-0.39, 0.29) is 0 Å². The van der Waals surface area contributed by atoms with Crippen molar-refractivity contribution >= 4 is 21.5 Å². The maximum Gasteiger partial charge on any atom is -0.0177 e. The molecular formula is C32H36. The van der Waals surface area contributed by atoms with E-state index in [4.69, 9.17) is 0 Å². The molecule has 0 aliphatic rings. The molecule has 0 aromatic heterocycles. The lowest BCUT2D eigenvalue weighted by molar-refractivity contribution is 1.50. The van der Waals surface area contributed by atoms with Crippen molar-refractivity contribution in [2.24, 2.45) is 0 Å². The highest BCUT2D eigenvalue weighted by atomic mass is 14.1. The van der Waals surface area contributed by atoms with Crippen LogP contribution in [0.3, 0.4) is 0 Å². The Morgan fingerprint density at radius 2 is 0.625 bits per heavy atom. The summed E-state index contributed by atoms with van der Waals surface area (Å²) in [6.45, 7) is 12.0. The van der Waals surface area contributed by atoms with Gasteiger partial charge in [0.2, 0.25) is 0 Å². The summed E-state index contributed by atoms with van der Waals surface area (Å²) in [5, 5.41) is 5.12. The second-order valence-corrected chi connectivity index (χ2v) is 6.70. The Balaban J connectivity index is 0.000000561. The second-order valence-electron chi connectivity index (χ2n) is 6.70. The maximum absolute atomic E-state index is 2.29. The Kier molecular flexibility index (Phi) is 10.2. The quantitative estimate of drug-likeness (QED) is 0.266. The number of hydrogen-bond donors (Lipinski definition) is 0. The van der Waals surface area contributed by atoms with Gasteiger partial charge < -0.3 is 0 Å². The maximum atomic E-state index is 2.29. The highest BCUT2D eigenvalue weighted by Crippen LogP contribution is 2.30. The number of benzene rings is 5. The molecule has 32 heavy (non-hydrogen) atoms. The smallest absolute Gasteiger partial charge is 0.0177 e. The van der Waals surface area contributed by atoms with Gasteiger partial charge in [0.05, 0.1) is 0 Å². The van der Waals surface area contributed by atoms with Crippen molar-refractivity contribution < 1.29 is 0 Å². The standard InChI is InChI=1S/C26H18.3C2H6/c1-3-8-21-16-25(14-12-19(21)6-1)23-10-5-11-24(18-23)26-15-13-20-7-2-4-9-22(20)17-26;3*1-2/h1-18H;3*1-2H3. The fourth-order valence-corrected chi connectivity index (χ4v) is 3.62. The molecule has 0 aliphatic heterocycles. The number of rotatable bonds is 2. The molecule has 0 bridgehead atoms. The Morgan fingerprint density at radius 1 is 0.281 bits per heavy atom. The van der Waals surface area contributed by atoms with E-state index in [0.717, 1.165) is 0 Å². The molecule has 0 saturated heterocycles. The van der Waals surface area contributed by atoms with E-state index in [1.165, 1.54) is 43.8 Å². The molecule has 0 heterocycles. The first-order chi connectivity index (χ1) is 15.9. The summed E-state index contributed by atoms with van der Waals surface area (Å²) in [4.78, 5) is 0. The molecule has 0 nitrogen and oxygen atoms in total. The van der Waals surface area contributed by atoms with Crippen LogP contribution in [0.1, 0.15) is 41.5 Å². The van der Waals surface area contributed by atoms with Crippen LogP contribution in [0.15, 0.2) is 109 Å². The van der Waals surface area contributed by atoms with Crippen LogP contribution >= 0.6 is 0 Å². The molecular weight excluding hydrogens is 384 g/mol. The fraction of sp³-hybridized carbons (Fsp3) is 0.188. The highest BCUT2D eigenvalue weighted by Gasteiger charge is 2.04. The van der Waals surface area contributed by atoms with Crippen LogP contribution in [0.4, 0.5) is 0 Å². The number of hydrogen-bond acceptors (Lipinski definition) is 0. The van der Waals surface area contributed by atoms with Gasteiger partial charge in [-0.25, -0.2) is 0 Å². The van der Waals surface area contributed by atoms with E-state index < -0.39 is 0 Å². The van der Waals surface area contributed by atoms with E-state index in [1.54, 1.807) is 0 Å². The third-order valence-corrected chi connectivity index (χ3v) is 5.03. The van der Waals surface area contributed by atoms with E-state index >= 15 is 0 Å². The summed E-state index contributed by atoms with van der Waals surface area (Å²) >= 11 is 0. The summed E-state index contributed by atoms with van der Waals surface area (Å²) in [7, 11) is 0. The third kappa shape index (κ3) is 5.86. The van der Waals surface area contributed by atoms with Crippen LogP contribution in [0, 0.1) is 0 Å². The third-order valence-electron chi connectivity index (χ3n) is 5.03. The monoisotopic (exact) mass is 420 g/mol. The molecule has 0 radical (unpaired) electrons. The summed E-state index contributed by atoms with van der Waals surface area (Å²) in [6, 6.07) is 39.2. The minimum Gasteiger partial charge on any atom is -0.0683 e. The summed E-state index contributed by atoms with van der Waals surface area (Å²) in [6.07, 6.45) is 0. The van der Waals surface area contributed by atoms with Crippen LogP contribution in [0.2, 0.25) is 0 Å². The lowest BCUT2D eigenvalue weighted by atomic mass is 9.96. The summed E-state index contributed by atoms with van der Waals surface area (Å²) < 4.78 is 0. The predicted molar refractivity (Wildman–Crippen MR) is 146 cm³/mol. The van der Waals surface area contributed by atoms with Crippen molar-refractivity contribution in [1.82, 2.24) is 0 Å². The molecule has 0 unspecified atom stereocenters. The molecule has 164 valence electrons. The van der Waals surface area contributed by atoms with Gasteiger partial charge in [-0.3, -0.25) is 0 Å². The SMILES string of the molecule is CC.CC.CC.c1cc(-c2ccc3ccccc3c2)cc(-c2ccc3ccccc3c2)c1. The van der Waals surface area contributed by atoms with Gasteiger partial charge in [0, 0.05) is 0 Å². The lowest BCUT2D eigenvalue weighted by Gasteiger charge is -2.08. The molecule has 5 aromatic carbocycles. The largest absolute Gasteiger partial charge is 0.0683 e. The van der Waals surface area contributed by atoms with Gasteiger partial charge in [-0.15, -0.1) is 0 Å². The van der Waals surface area contributed by atoms with Gasteiger partial charge >= 0.3 is 0 Å². The van der Waals surface area contributed by atoms with Gasteiger partial charge in [-0.2, -0.15) is 0 Å². The highest BCUT2D eigenvalue weighted by molar-refractivity contribution is 5.90. The first-order valence-electron chi connectivity index (χ1n) is 12.0. The Morgan fingerprint density at radius 3 is 1.03 bits per heavy atom. The molecule has 5 rings (SSSR count). The molecule has 5 aromatic rings. The average molecular weight is 421 g/mol. The van der Waals surface area contributed by atoms with Crippen molar-refractivity contribution in [3.8, 4) is 22.3 Å². The Bertz CT molecular complexity index is 1140. The second kappa shape index (κ2) is 13.1. The zero-order chi connectivity index (χ0) is 23.3. The molecule has 0 heteroatoms. The predicted octanol–water partition coefficient (Wildman–Crippen LogP) is 10.4. The fourth-order valence-electron chi connectivity index (χ4n) is 3.62. The van der Waals surface area contributed by atoms with E-state index in [2.05, 4.69) is 109 Å². The van der Waals surface area contributed by atoms with Crippen molar-refractivity contribution in [2.75, 3.05) is 0 Å². The van der Waals surface area contributed by atoms with Gasteiger partial charge in [0.15, 0.2) is 0 Å². The Hall–Kier alpha value is -3.38. The van der Waals surface area contributed by atoms with E-state index in [0.29, 0.717) is 0 Å². The Labute approximate surface area is 194 Å². The van der Waals surface area contributed by atoms with Crippen molar-refractivity contribution in [2.45, 2.75) is 41.5 Å². The number of fused-ring (bicyclic) bond motifs is 2. The van der Waals surface area contributed by atoms with Gasteiger partial charge in [-0.05, 0) is 62.0 Å². The molecule has 0 fully saturated rings. The van der Waals surface area contributed by atoms with Crippen molar-refractivity contribution in [3.05, 3.63) is 109 Å². The molecule has 0 atom stereocenters. The van der Waals surface area contributed by atoms with Crippen LogP contribution in [0.25, 0.3) is 43.8 Å². The molecule has 0 amide bonds. The minimum absolute atomic E-state index is 1.25. The van der Waals surface area contributed by atoms with E-state index in [1.807, 2.05) is 41.5 Å². The zero-order valence-electron chi connectivity index (χ0n) is 20.4. The summed E-state index contributed by atoms with van der Waals surface area (Å²) in [5.41, 5.74) is 5.01. The summed E-state index contributed by atoms with van der Waals surface area (Å²) in [5.74, 6) is 0. The normalized spacial score (nSPS) is 9.56. The minimum atomic E-state index is 1.25. The van der Waals surface area contributed by atoms with Gasteiger partial charge in [0.1, 0.15) is 0 Å². The lowest BCUT2D eigenvalue weighted by Crippen LogP contribution is -1.83.